The Labute approximate surface area is 219 Å². The van der Waals surface area contributed by atoms with Gasteiger partial charge in [-0.2, -0.15) is 0 Å². The van der Waals surface area contributed by atoms with Gasteiger partial charge in [0, 0.05) is 0 Å². The summed E-state index contributed by atoms with van der Waals surface area (Å²) in [6.07, 6.45) is 3.36. The van der Waals surface area contributed by atoms with Gasteiger partial charge in [-0.05, 0) is 54.7 Å². The van der Waals surface area contributed by atoms with Crippen molar-refractivity contribution >= 4 is 12.0 Å². The molecule has 0 spiro atoms. The zero-order chi connectivity index (χ0) is 25.9. The van der Waals surface area contributed by atoms with Crippen molar-refractivity contribution in [3.05, 3.63) is 108 Å². The average molecular weight is 501 g/mol. The number of ether oxygens (including phenoxy) is 1. The minimum atomic E-state index is -0.676. The number of benzene rings is 3. The number of hydrogen-bond donors (Lipinski definition) is 3. The number of carbonyl (C=O) groups excluding carboxylic acids is 2. The van der Waals surface area contributed by atoms with E-state index in [1.807, 2.05) is 78.9 Å². The number of aliphatic hydroxyl groups is 1. The van der Waals surface area contributed by atoms with Gasteiger partial charge < -0.3 is 20.5 Å². The third-order valence-electron chi connectivity index (χ3n) is 7.03. The Morgan fingerprint density at radius 2 is 1.43 bits per heavy atom. The van der Waals surface area contributed by atoms with Crippen LogP contribution in [0.15, 0.2) is 91.0 Å². The van der Waals surface area contributed by atoms with Crippen LogP contribution in [0.5, 0.6) is 0 Å². The second kappa shape index (κ2) is 13.6. The van der Waals surface area contributed by atoms with Gasteiger partial charge >= 0.3 is 6.09 Å². The van der Waals surface area contributed by atoms with Gasteiger partial charge in [-0.1, -0.05) is 97.4 Å². The first-order valence-electron chi connectivity index (χ1n) is 13.1. The molecule has 0 radical (unpaired) electrons. The van der Waals surface area contributed by atoms with Crippen molar-refractivity contribution in [3.8, 4) is 0 Å². The molecule has 0 bridgehead atoms. The van der Waals surface area contributed by atoms with Crippen LogP contribution in [0.3, 0.4) is 0 Å². The minimum Gasteiger partial charge on any atom is -0.445 e. The van der Waals surface area contributed by atoms with Crippen LogP contribution in [0.1, 0.15) is 54.8 Å². The lowest BCUT2D eigenvalue weighted by Crippen LogP contribution is -2.53. The fourth-order valence-corrected chi connectivity index (χ4v) is 4.66. The van der Waals surface area contributed by atoms with Gasteiger partial charge in [0.25, 0.3) is 0 Å². The Morgan fingerprint density at radius 1 is 0.838 bits per heavy atom. The number of rotatable bonds is 12. The predicted octanol–water partition coefficient (Wildman–Crippen LogP) is 5.32. The largest absolute Gasteiger partial charge is 0.445 e. The molecule has 0 saturated heterocycles. The van der Waals surface area contributed by atoms with Crippen LogP contribution in [0.2, 0.25) is 0 Å². The Kier molecular flexibility index (Phi) is 9.72. The van der Waals surface area contributed by atoms with E-state index in [2.05, 4.69) is 22.8 Å². The Morgan fingerprint density at radius 3 is 2.03 bits per heavy atom. The number of nitrogens with one attached hydrogen (secondary N) is 2. The molecule has 3 aromatic carbocycles. The SMILES string of the molecule is O=C(NC(C(=O)NC(CC(O)CCc1ccccc1)c1ccccc1)C1CCC1)OCc1ccccc1. The number of amides is 2. The number of aliphatic hydroxyl groups excluding tert-OH is 1. The summed E-state index contributed by atoms with van der Waals surface area (Å²) in [5.41, 5.74) is 2.98. The summed E-state index contributed by atoms with van der Waals surface area (Å²) >= 11 is 0. The summed E-state index contributed by atoms with van der Waals surface area (Å²) < 4.78 is 5.39. The summed E-state index contributed by atoms with van der Waals surface area (Å²) in [6.45, 7) is 0.145. The van der Waals surface area contributed by atoms with E-state index in [4.69, 9.17) is 4.74 Å². The predicted molar refractivity (Wildman–Crippen MR) is 144 cm³/mol. The van der Waals surface area contributed by atoms with E-state index in [-0.39, 0.29) is 24.5 Å². The molecule has 6 heteroatoms. The molecule has 4 rings (SSSR count). The third-order valence-corrected chi connectivity index (χ3v) is 7.03. The molecule has 0 aliphatic heterocycles. The van der Waals surface area contributed by atoms with Gasteiger partial charge in [-0.25, -0.2) is 4.79 Å². The molecule has 0 heterocycles. The summed E-state index contributed by atoms with van der Waals surface area (Å²) in [6, 6.07) is 28.2. The number of carbonyl (C=O) groups is 2. The Hall–Kier alpha value is -3.64. The highest BCUT2D eigenvalue weighted by molar-refractivity contribution is 5.86. The first kappa shape index (κ1) is 26.4. The minimum absolute atomic E-state index is 0.0729. The fourth-order valence-electron chi connectivity index (χ4n) is 4.66. The van der Waals surface area contributed by atoms with Gasteiger partial charge in [0.15, 0.2) is 0 Å². The van der Waals surface area contributed by atoms with Gasteiger partial charge in [0.05, 0.1) is 12.1 Å². The van der Waals surface area contributed by atoms with E-state index in [1.165, 1.54) is 5.56 Å². The monoisotopic (exact) mass is 500 g/mol. The van der Waals surface area contributed by atoms with Crippen molar-refractivity contribution in [2.75, 3.05) is 0 Å². The topological polar surface area (TPSA) is 87.7 Å². The van der Waals surface area contributed by atoms with Gasteiger partial charge in [-0.3, -0.25) is 4.79 Å². The molecular formula is C31H36N2O4. The van der Waals surface area contributed by atoms with Gasteiger partial charge in [-0.15, -0.1) is 0 Å². The molecule has 3 N–H and O–H groups in total. The molecule has 3 unspecified atom stereocenters. The molecule has 37 heavy (non-hydrogen) atoms. The lowest BCUT2D eigenvalue weighted by atomic mass is 9.79. The van der Waals surface area contributed by atoms with E-state index in [9.17, 15) is 14.7 Å². The first-order valence-corrected chi connectivity index (χ1v) is 13.1. The molecule has 6 nitrogen and oxygen atoms in total. The lowest BCUT2D eigenvalue weighted by Gasteiger charge is -2.34. The maximum atomic E-state index is 13.5. The Balaban J connectivity index is 1.38. The number of alkyl carbamates (subject to hydrolysis) is 1. The van der Waals surface area contributed by atoms with Crippen molar-refractivity contribution < 1.29 is 19.4 Å². The Bertz CT molecular complexity index is 1100. The molecule has 1 aliphatic carbocycles. The maximum Gasteiger partial charge on any atom is 0.408 e. The fraction of sp³-hybridized carbons (Fsp3) is 0.355. The molecule has 1 fully saturated rings. The van der Waals surface area contributed by atoms with E-state index in [0.29, 0.717) is 12.8 Å². The van der Waals surface area contributed by atoms with E-state index >= 15 is 0 Å². The van der Waals surface area contributed by atoms with Crippen LogP contribution >= 0.6 is 0 Å². The molecule has 3 aromatic rings. The maximum absolute atomic E-state index is 13.5. The van der Waals surface area contributed by atoms with Crippen LogP contribution in [-0.2, 0) is 22.6 Å². The highest BCUT2D eigenvalue weighted by Crippen LogP contribution is 2.31. The molecule has 1 aliphatic rings. The van der Waals surface area contributed by atoms with Crippen LogP contribution in [-0.4, -0.2) is 29.3 Å². The molecular weight excluding hydrogens is 464 g/mol. The van der Waals surface area contributed by atoms with Crippen molar-refractivity contribution in [3.63, 3.8) is 0 Å². The summed E-state index contributed by atoms with van der Waals surface area (Å²) in [7, 11) is 0. The molecule has 3 atom stereocenters. The third kappa shape index (κ3) is 8.19. The number of hydrogen-bond acceptors (Lipinski definition) is 4. The second-order valence-corrected chi connectivity index (χ2v) is 9.76. The lowest BCUT2D eigenvalue weighted by molar-refractivity contribution is -0.126. The van der Waals surface area contributed by atoms with Crippen LogP contribution in [0, 0.1) is 5.92 Å². The van der Waals surface area contributed by atoms with Crippen molar-refractivity contribution in [1.29, 1.82) is 0 Å². The second-order valence-electron chi connectivity index (χ2n) is 9.76. The summed E-state index contributed by atoms with van der Waals surface area (Å²) in [5, 5.41) is 16.8. The van der Waals surface area contributed by atoms with Gasteiger partial charge in [0.1, 0.15) is 12.6 Å². The van der Waals surface area contributed by atoms with Crippen LogP contribution in [0.4, 0.5) is 4.79 Å². The molecule has 2 amide bonds. The summed E-state index contributed by atoms with van der Waals surface area (Å²) in [5.74, 6) is -0.172. The van der Waals surface area contributed by atoms with Gasteiger partial charge in [0.2, 0.25) is 5.91 Å². The molecule has 0 aromatic heterocycles. The normalized spacial score (nSPS) is 15.6. The highest BCUT2D eigenvalue weighted by Gasteiger charge is 2.35. The number of aryl methyl sites for hydroxylation is 1. The van der Waals surface area contributed by atoms with E-state index in [0.717, 1.165) is 36.8 Å². The highest BCUT2D eigenvalue weighted by atomic mass is 16.5. The first-order chi connectivity index (χ1) is 18.1. The van der Waals surface area contributed by atoms with Crippen molar-refractivity contribution in [2.45, 2.75) is 63.3 Å². The smallest absolute Gasteiger partial charge is 0.408 e. The van der Waals surface area contributed by atoms with E-state index in [1.54, 1.807) is 0 Å². The summed E-state index contributed by atoms with van der Waals surface area (Å²) in [4.78, 5) is 26.0. The van der Waals surface area contributed by atoms with Crippen LogP contribution < -0.4 is 10.6 Å². The van der Waals surface area contributed by atoms with Crippen LogP contribution in [0.25, 0.3) is 0 Å². The average Bonchev–Trinajstić information content (AvgIpc) is 2.90. The molecule has 194 valence electrons. The standard InChI is InChI=1S/C31H36N2O4/c34-27(20-19-23-11-4-1-5-12-23)21-28(25-15-8-3-9-16-25)32-30(35)29(26-17-10-18-26)33-31(36)37-22-24-13-6-2-7-14-24/h1-9,11-16,26-29,34H,10,17-22H2,(H,32,35)(H,33,36). The zero-order valence-electron chi connectivity index (χ0n) is 21.1. The van der Waals surface area contributed by atoms with Crippen molar-refractivity contribution in [2.24, 2.45) is 5.92 Å². The van der Waals surface area contributed by atoms with E-state index < -0.39 is 18.2 Å². The molecule has 1 saturated carbocycles. The quantitative estimate of drug-likeness (QED) is 0.314. The van der Waals surface area contributed by atoms with Crippen molar-refractivity contribution in [1.82, 2.24) is 10.6 Å². The zero-order valence-corrected chi connectivity index (χ0v) is 21.1.